The second-order valence-electron chi connectivity index (χ2n) is 4.74. The Morgan fingerprint density at radius 2 is 1.89 bits per heavy atom. The molecule has 0 fully saturated rings. The quantitative estimate of drug-likeness (QED) is 0.734. The summed E-state index contributed by atoms with van der Waals surface area (Å²) in [4.78, 5) is 8.72. The zero-order valence-corrected chi connectivity index (χ0v) is 12.6. The van der Waals surface area contributed by atoms with Crippen molar-refractivity contribution in [2.45, 2.75) is 47.1 Å². The lowest BCUT2D eigenvalue weighted by molar-refractivity contribution is 0.0540. The maximum atomic E-state index is 5.67. The normalized spacial score (nSPS) is 10.8. The molecule has 1 rings (SSSR count). The fourth-order valence-corrected chi connectivity index (χ4v) is 1.58. The average molecular weight is 267 g/mol. The molecule has 0 unspecified atom stereocenters. The summed E-state index contributed by atoms with van der Waals surface area (Å²) in [5.74, 6) is 2.21. The molecule has 0 saturated carbocycles. The van der Waals surface area contributed by atoms with Crippen LogP contribution in [0.4, 0.5) is 5.82 Å². The van der Waals surface area contributed by atoms with E-state index in [0.29, 0.717) is 24.9 Å². The Balaban J connectivity index is 2.63. The molecule has 19 heavy (non-hydrogen) atoms. The fourth-order valence-electron chi connectivity index (χ4n) is 1.58. The van der Waals surface area contributed by atoms with Gasteiger partial charge in [-0.3, -0.25) is 0 Å². The Bertz CT molecular complexity index is 395. The highest BCUT2D eigenvalue weighted by molar-refractivity contribution is 5.48. The molecule has 1 aromatic heterocycles. The third-order valence-corrected chi connectivity index (χ3v) is 2.53. The van der Waals surface area contributed by atoms with Gasteiger partial charge >= 0.3 is 0 Å². The van der Waals surface area contributed by atoms with Crippen molar-refractivity contribution in [3.8, 4) is 5.88 Å². The number of aryl methyl sites for hydroxylation is 1. The largest absolute Gasteiger partial charge is 0.475 e. The van der Waals surface area contributed by atoms with Gasteiger partial charge in [0.2, 0.25) is 5.88 Å². The van der Waals surface area contributed by atoms with Crippen molar-refractivity contribution in [1.82, 2.24) is 9.97 Å². The molecule has 0 amide bonds. The Morgan fingerprint density at radius 1 is 1.16 bits per heavy atom. The van der Waals surface area contributed by atoms with Gasteiger partial charge in [0.25, 0.3) is 0 Å². The molecule has 5 heteroatoms. The maximum absolute atomic E-state index is 5.67. The second kappa shape index (κ2) is 7.94. The van der Waals surface area contributed by atoms with Gasteiger partial charge in [-0.1, -0.05) is 6.92 Å². The topological polar surface area (TPSA) is 56.3 Å². The lowest BCUT2D eigenvalue weighted by Gasteiger charge is -2.14. The van der Waals surface area contributed by atoms with Gasteiger partial charge in [-0.25, -0.2) is 4.98 Å². The number of nitrogens with zero attached hydrogens (tertiary/aromatic N) is 2. The molecule has 108 valence electrons. The summed E-state index contributed by atoms with van der Waals surface area (Å²) in [5.41, 5.74) is 0.948. The average Bonchev–Trinajstić information content (AvgIpc) is 2.36. The van der Waals surface area contributed by atoms with Crippen LogP contribution in [0.1, 0.15) is 38.6 Å². The number of aromatic nitrogens is 2. The van der Waals surface area contributed by atoms with E-state index in [9.17, 15) is 0 Å². The van der Waals surface area contributed by atoms with Crippen molar-refractivity contribution < 1.29 is 9.47 Å². The fraction of sp³-hybridized carbons (Fsp3) is 0.714. The van der Waals surface area contributed by atoms with E-state index in [-0.39, 0.29) is 6.10 Å². The lowest BCUT2D eigenvalue weighted by atomic mass is 10.3. The molecule has 0 spiro atoms. The van der Waals surface area contributed by atoms with E-state index >= 15 is 0 Å². The molecule has 1 heterocycles. The summed E-state index contributed by atoms with van der Waals surface area (Å²) >= 11 is 0. The Kier molecular flexibility index (Phi) is 6.56. The van der Waals surface area contributed by atoms with Gasteiger partial charge in [0.1, 0.15) is 18.2 Å². The van der Waals surface area contributed by atoms with Gasteiger partial charge < -0.3 is 14.8 Å². The second-order valence-corrected chi connectivity index (χ2v) is 4.74. The summed E-state index contributed by atoms with van der Waals surface area (Å²) in [6.07, 6.45) is 1.28. The van der Waals surface area contributed by atoms with Crippen molar-refractivity contribution >= 4 is 5.82 Å². The Labute approximate surface area is 115 Å². The van der Waals surface area contributed by atoms with Crippen LogP contribution in [0, 0.1) is 13.8 Å². The summed E-state index contributed by atoms with van der Waals surface area (Å²) < 4.78 is 11.1. The molecule has 0 aromatic carbocycles. The molecule has 0 saturated heterocycles. The Hall–Kier alpha value is -1.36. The van der Waals surface area contributed by atoms with Gasteiger partial charge in [-0.15, -0.1) is 0 Å². The maximum Gasteiger partial charge on any atom is 0.221 e. The molecular weight excluding hydrogens is 242 g/mol. The van der Waals surface area contributed by atoms with Crippen LogP contribution >= 0.6 is 0 Å². The van der Waals surface area contributed by atoms with Gasteiger partial charge in [0, 0.05) is 6.54 Å². The third kappa shape index (κ3) is 5.42. The smallest absolute Gasteiger partial charge is 0.221 e. The van der Waals surface area contributed by atoms with Gasteiger partial charge in [0.15, 0.2) is 0 Å². The predicted octanol–water partition coefficient (Wildman–Crippen LogP) is 2.72. The molecular formula is C14H25N3O2. The third-order valence-electron chi connectivity index (χ3n) is 2.53. The molecule has 1 N–H and O–H groups in total. The molecule has 1 aromatic rings. The summed E-state index contributed by atoms with van der Waals surface area (Å²) in [6.45, 7) is 11.9. The first-order valence-corrected chi connectivity index (χ1v) is 6.88. The number of hydrogen-bond acceptors (Lipinski definition) is 5. The number of rotatable bonds is 8. The van der Waals surface area contributed by atoms with Crippen LogP contribution in [0.25, 0.3) is 0 Å². The minimum Gasteiger partial charge on any atom is -0.475 e. The zero-order valence-electron chi connectivity index (χ0n) is 12.6. The van der Waals surface area contributed by atoms with Crippen molar-refractivity contribution in [3.05, 3.63) is 11.4 Å². The van der Waals surface area contributed by atoms with Crippen LogP contribution in [-0.4, -0.2) is 35.8 Å². The van der Waals surface area contributed by atoms with E-state index in [1.807, 2.05) is 27.7 Å². The van der Waals surface area contributed by atoms with Crippen LogP contribution in [0.5, 0.6) is 5.88 Å². The first-order valence-electron chi connectivity index (χ1n) is 6.88. The monoisotopic (exact) mass is 267 g/mol. The van der Waals surface area contributed by atoms with E-state index in [4.69, 9.17) is 9.47 Å². The summed E-state index contributed by atoms with van der Waals surface area (Å²) in [5, 5.41) is 3.29. The highest BCUT2D eigenvalue weighted by Crippen LogP contribution is 2.21. The number of hydrogen-bond donors (Lipinski definition) is 1. The lowest BCUT2D eigenvalue weighted by Crippen LogP contribution is -2.14. The summed E-state index contributed by atoms with van der Waals surface area (Å²) in [7, 11) is 0. The Morgan fingerprint density at radius 3 is 2.53 bits per heavy atom. The van der Waals surface area contributed by atoms with E-state index in [0.717, 1.165) is 24.3 Å². The molecule has 0 radical (unpaired) electrons. The van der Waals surface area contributed by atoms with Gasteiger partial charge in [-0.2, -0.15) is 4.98 Å². The highest BCUT2D eigenvalue weighted by Gasteiger charge is 2.10. The van der Waals surface area contributed by atoms with Gasteiger partial charge in [0.05, 0.1) is 18.3 Å². The molecule has 0 aliphatic rings. The van der Waals surface area contributed by atoms with Crippen LogP contribution in [-0.2, 0) is 4.74 Å². The van der Waals surface area contributed by atoms with Crippen molar-refractivity contribution in [3.63, 3.8) is 0 Å². The minimum atomic E-state index is 0.221. The van der Waals surface area contributed by atoms with Crippen LogP contribution in [0.3, 0.4) is 0 Å². The predicted molar refractivity (Wildman–Crippen MR) is 76.9 cm³/mol. The highest BCUT2D eigenvalue weighted by atomic mass is 16.5. The first-order chi connectivity index (χ1) is 9.04. The summed E-state index contributed by atoms with van der Waals surface area (Å²) in [6, 6.07) is 0. The standard InChI is InChI=1S/C14H25N3O2/c1-6-7-15-13-11(4)14(17-12(5)16-13)19-9-8-18-10(2)3/h10H,6-9H2,1-5H3,(H,15,16,17). The molecule has 5 nitrogen and oxygen atoms in total. The van der Waals surface area contributed by atoms with Crippen LogP contribution in [0.2, 0.25) is 0 Å². The molecule has 0 aliphatic heterocycles. The molecule has 0 aliphatic carbocycles. The number of nitrogens with one attached hydrogen (secondary N) is 1. The van der Waals surface area contributed by atoms with E-state index in [2.05, 4.69) is 22.2 Å². The SMILES string of the molecule is CCCNc1nc(C)nc(OCCOC(C)C)c1C. The van der Waals surface area contributed by atoms with Crippen molar-refractivity contribution in [2.24, 2.45) is 0 Å². The van der Waals surface area contributed by atoms with E-state index in [1.165, 1.54) is 0 Å². The van der Waals surface area contributed by atoms with E-state index in [1.54, 1.807) is 0 Å². The van der Waals surface area contributed by atoms with Crippen molar-refractivity contribution in [2.75, 3.05) is 25.1 Å². The molecule has 0 bridgehead atoms. The minimum absolute atomic E-state index is 0.221. The first kappa shape index (κ1) is 15.7. The van der Waals surface area contributed by atoms with Crippen molar-refractivity contribution in [1.29, 1.82) is 0 Å². The number of anilines is 1. The molecule has 0 atom stereocenters. The van der Waals surface area contributed by atoms with E-state index < -0.39 is 0 Å². The van der Waals surface area contributed by atoms with Crippen LogP contribution in [0.15, 0.2) is 0 Å². The van der Waals surface area contributed by atoms with Crippen LogP contribution < -0.4 is 10.1 Å². The number of ether oxygens (including phenoxy) is 2. The van der Waals surface area contributed by atoms with Gasteiger partial charge in [-0.05, 0) is 34.1 Å². The zero-order chi connectivity index (χ0) is 14.3.